The zero-order chi connectivity index (χ0) is 12.5. The Morgan fingerprint density at radius 3 is 2.71 bits per heavy atom. The number of thiazole rings is 2. The Hall–Kier alpha value is -1.27. The molecule has 90 valence electrons. The molecule has 0 fully saturated rings. The van der Waals surface area contributed by atoms with Gasteiger partial charge in [-0.1, -0.05) is 0 Å². The van der Waals surface area contributed by atoms with Crippen molar-refractivity contribution < 1.29 is 4.79 Å². The number of nitrogens with zero attached hydrogens (tertiary/aromatic N) is 2. The summed E-state index contributed by atoms with van der Waals surface area (Å²) >= 11 is 2.96. The summed E-state index contributed by atoms with van der Waals surface area (Å²) in [6, 6.07) is 0. The van der Waals surface area contributed by atoms with E-state index in [9.17, 15) is 4.79 Å². The Bertz CT molecular complexity index is 517. The molecule has 2 aromatic heterocycles. The fourth-order valence-electron chi connectivity index (χ4n) is 1.37. The van der Waals surface area contributed by atoms with Gasteiger partial charge in [0.1, 0.15) is 10.7 Å². The number of aromatic nitrogens is 2. The summed E-state index contributed by atoms with van der Waals surface area (Å²) in [4.78, 5) is 20.3. The molecule has 1 N–H and O–H groups in total. The second-order valence-corrected chi connectivity index (χ2v) is 5.82. The van der Waals surface area contributed by atoms with Crippen LogP contribution in [0.5, 0.6) is 0 Å². The van der Waals surface area contributed by atoms with Crippen LogP contribution in [0.15, 0.2) is 16.3 Å². The fraction of sp³-hybridized carbons (Fsp3) is 0.364. The third kappa shape index (κ3) is 2.70. The number of nitrogens with one attached hydrogen (secondary N) is 1. The van der Waals surface area contributed by atoms with Crippen molar-refractivity contribution in [3.05, 3.63) is 32.7 Å². The summed E-state index contributed by atoms with van der Waals surface area (Å²) in [5.74, 6) is -0.163. The third-order valence-electron chi connectivity index (χ3n) is 2.24. The lowest BCUT2D eigenvalue weighted by Crippen LogP contribution is -2.41. The molecule has 0 aliphatic rings. The monoisotopic (exact) mass is 267 g/mol. The second kappa shape index (κ2) is 4.54. The lowest BCUT2D eigenvalue weighted by Gasteiger charge is -2.23. The molecular formula is C11H13N3OS2. The van der Waals surface area contributed by atoms with E-state index >= 15 is 0 Å². The number of hydrogen-bond donors (Lipinski definition) is 1. The van der Waals surface area contributed by atoms with Crippen LogP contribution in [0.1, 0.15) is 35.0 Å². The van der Waals surface area contributed by atoms with Crippen molar-refractivity contribution in [3.8, 4) is 0 Å². The van der Waals surface area contributed by atoms with E-state index in [4.69, 9.17) is 0 Å². The van der Waals surface area contributed by atoms with Crippen molar-refractivity contribution in [2.45, 2.75) is 26.3 Å². The summed E-state index contributed by atoms with van der Waals surface area (Å²) in [7, 11) is 0. The van der Waals surface area contributed by atoms with Gasteiger partial charge in [0.15, 0.2) is 0 Å². The standard InChI is InChI=1S/C11H13N3OS2/c1-7-4-17-10(13-7)11(2,3)14-9(15)8-5-16-6-12-8/h4-6H,1-3H3,(H,14,15). The Morgan fingerprint density at radius 2 is 2.18 bits per heavy atom. The molecule has 0 atom stereocenters. The SMILES string of the molecule is Cc1csc(C(C)(C)NC(=O)c2cscn2)n1. The molecule has 0 radical (unpaired) electrons. The van der Waals surface area contributed by atoms with E-state index in [1.807, 2.05) is 26.2 Å². The molecule has 4 nitrogen and oxygen atoms in total. The zero-order valence-electron chi connectivity index (χ0n) is 9.85. The fourth-order valence-corrected chi connectivity index (χ4v) is 2.78. The van der Waals surface area contributed by atoms with Crippen molar-refractivity contribution in [2.24, 2.45) is 0 Å². The van der Waals surface area contributed by atoms with Crippen molar-refractivity contribution in [1.82, 2.24) is 15.3 Å². The Balaban J connectivity index is 2.15. The van der Waals surface area contributed by atoms with Gasteiger partial charge in [-0.25, -0.2) is 9.97 Å². The number of aryl methyl sites for hydroxylation is 1. The topological polar surface area (TPSA) is 54.9 Å². The van der Waals surface area contributed by atoms with Gasteiger partial charge in [-0.15, -0.1) is 22.7 Å². The number of rotatable bonds is 3. The van der Waals surface area contributed by atoms with Gasteiger partial charge in [-0.05, 0) is 20.8 Å². The number of amides is 1. The molecular weight excluding hydrogens is 254 g/mol. The molecule has 0 spiro atoms. The first-order valence-corrected chi connectivity index (χ1v) is 6.94. The van der Waals surface area contributed by atoms with E-state index < -0.39 is 5.54 Å². The van der Waals surface area contributed by atoms with Crippen LogP contribution in [-0.2, 0) is 5.54 Å². The average molecular weight is 267 g/mol. The van der Waals surface area contributed by atoms with Crippen molar-refractivity contribution in [3.63, 3.8) is 0 Å². The minimum Gasteiger partial charge on any atom is -0.339 e. The minimum atomic E-state index is -0.473. The summed E-state index contributed by atoms with van der Waals surface area (Å²) in [6.07, 6.45) is 0. The maximum atomic E-state index is 11.9. The summed E-state index contributed by atoms with van der Waals surface area (Å²) in [5.41, 5.74) is 2.60. The molecule has 0 unspecified atom stereocenters. The van der Waals surface area contributed by atoms with Gasteiger partial charge >= 0.3 is 0 Å². The first-order valence-electron chi connectivity index (χ1n) is 5.12. The minimum absolute atomic E-state index is 0.163. The molecule has 0 saturated carbocycles. The molecule has 1 amide bonds. The lowest BCUT2D eigenvalue weighted by molar-refractivity contribution is 0.0907. The summed E-state index contributed by atoms with van der Waals surface area (Å²) in [6.45, 7) is 5.82. The number of carbonyl (C=O) groups excluding carboxylic acids is 1. The van der Waals surface area contributed by atoms with Crippen LogP contribution in [0.4, 0.5) is 0 Å². The first-order chi connectivity index (χ1) is 7.99. The van der Waals surface area contributed by atoms with Crippen LogP contribution in [0.25, 0.3) is 0 Å². The first kappa shape index (κ1) is 12.2. The normalized spacial score (nSPS) is 11.5. The van der Waals surface area contributed by atoms with Crippen molar-refractivity contribution >= 4 is 28.6 Å². The van der Waals surface area contributed by atoms with Crippen molar-refractivity contribution in [1.29, 1.82) is 0 Å². The summed E-state index contributed by atoms with van der Waals surface area (Å²) in [5, 5.41) is 7.56. The van der Waals surface area contributed by atoms with E-state index in [1.54, 1.807) is 22.2 Å². The van der Waals surface area contributed by atoms with E-state index in [1.165, 1.54) is 11.3 Å². The van der Waals surface area contributed by atoms with E-state index in [2.05, 4.69) is 15.3 Å². The lowest BCUT2D eigenvalue weighted by atomic mass is 10.1. The number of hydrogen-bond acceptors (Lipinski definition) is 5. The highest BCUT2D eigenvalue weighted by molar-refractivity contribution is 7.09. The zero-order valence-corrected chi connectivity index (χ0v) is 11.5. The maximum absolute atomic E-state index is 11.9. The Labute approximate surface area is 108 Å². The highest BCUT2D eigenvalue weighted by atomic mass is 32.1. The quantitative estimate of drug-likeness (QED) is 0.930. The van der Waals surface area contributed by atoms with Gasteiger partial charge in [0.2, 0.25) is 0 Å². The molecule has 2 rings (SSSR count). The van der Waals surface area contributed by atoms with Gasteiger partial charge in [-0.2, -0.15) is 0 Å². The van der Waals surface area contributed by atoms with E-state index in [-0.39, 0.29) is 5.91 Å². The predicted octanol–water partition coefficient (Wildman–Crippen LogP) is 2.57. The largest absolute Gasteiger partial charge is 0.339 e. The van der Waals surface area contributed by atoms with Crippen LogP contribution >= 0.6 is 22.7 Å². The van der Waals surface area contributed by atoms with Crippen LogP contribution in [0.3, 0.4) is 0 Å². The molecule has 0 aliphatic carbocycles. The number of carbonyl (C=O) groups is 1. The molecule has 0 aromatic carbocycles. The van der Waals surface area contributed by atoms with Gasteiger partial charge in [0.25, 0.3) is 5.91 Å². The molecule has 0 aliphatic heterocycles. The second-order valence-electron chi connectivity index (χ2n) is 4.25. The molecule has 2 heterocycles. The molecule has 0 saturated heterocycles. The van der Waals surface area contributed by atoms with Crippen molar-refractivity contribution in [2.75, 3.05) is 0 Å². The van der Waals surface area contributed by atoms with Crippen LogP contribution < -0.4 is 5.32 Å². The predicted molar refractivity (Wildman–Crippen MR) is 69.5 cm³/mol. The third-order valence-corrected chi connectivity index (χ3v) is 4.11. The highest BCUT2D eigenvalue weighted by Crippen LogP contribution is 2.24. The molecule has 6 heteroatoms. The smallest absolute Gasteiger partial charge is 0.271 e. The Morgan fingerprint density at radius 1 is 1.41 bits per heavy atom. The van der Waals surface area contributed by atoms with Crippen LogP contribution in [0, 0.1) is 6.92 Å². The summed E-state index contributed by atoms with van der Waals surface area (Å²) < 4.78 is 0. The Kier molecular flexibility index (Phi) is 3.26. The molecule has 0 bridgehead atoms. The molecule has 17 heavy (non-hydrogen) atoms. The average Bonchev–Trinajstić information content (AvgIpc) is 2.86. The van der Waals surface area contributed by atoms with Gasteiger partial charge < -0.3 is 5.32 Å². The molecule has 2 aromatic rings. The van der Waals surface area contributed by atoms with Gasteiger partial charge in [0.05, 0.1) is 11.0 Å². The van der Waals surface area contributed by atoms with E-state index in [0.717, 1.165) is 10.7 Å². The highest BCUT2D eigenvalue weighted by Gasteiger charge is 2.27. The van der Waals surface area contributed by atoms with Gasteiger partial charge in [0, 0.05) is 16.5 Å². The van der Waals surface area contributed by atoms with Crippen LogP contribution in [0.2, 0.25) is 0 Å². The van der Waals surface area contributed by atoms with Gasteiger partial charge in [-0.3, -0.25) is 4.79 Å². The maximum Gasteiger partial charge on any atom is 0.271 e. The van der Waals surface area contributed by atoms with Crippen LogP contribution in [-0.4, -0.2) is 15.9 Å². The van der Waals surface area contributed by atoms with E-state index in [0.29, 0.717) is 5.69 Å².